The van der Waals surface area contributed by atoms with E-state index in [-0.39, 0.29) is 5.91 Å². The van der Waals surface area contributed by atoms with Crippen LogP contribution >= 0.6 is 0 Å². The molecular weight excluding hydrogens is 356 g/mol. The Morgan fingerprint density at radius 3 is 2.21 bits per heavy atom. The zero-order valence-corrected chi connectivity index (χ0v) is 16.9. The van der Waals surface area contributed by atoms with Gasteiger partial charge in [0.1, 0.15) is 0 Å². The van der Waals surface area contributed by atoms with E-state index >= 15 is 0 Å². The first-order valence-corrected chi connectivity index (χ1v) is 10.1. The number of nitrogens with one attached hydrogen (secondary N) is 1. The summed E-state index contributed by atoms with van der Waals surface area (Å²) in [6, 6.07) is 26.1. The van der Waals surface area contributed by atoms with Gasteiger partial charge < -0.3 is 5.32 Å². The number of rotatable bonds is 5. The molecule has 0 aliphatic heterocycles. The first-order chi connectivity index (χ1) is 14.3. The van der Waals surface area contributed by atoms with Crippen molar-refractivity contribution in [2.45, 2.75) is 26.7 Å². The fourth-order valence-electron chi connectivity index (χ4n) is 3.12. The lowest BCUT2D eigenvalue weighted by Gasteiger charge is -2.08. The fraction of sp³-hybridized carbons (Fsp3) is 0.154. The van der Waals surface area contributed by atoms with Crippen molar-refractivity contribution in [1.29, 1.82) is 0 Å². The van der Waals surface area contributed by atoms with Crippen molar-refractivity contribution in [3.05, 3.63) is 108 Å². The van der Waals surface area contributed by atoms with E-state index in [1.807, 2.05) is 68.4 Å². The Hall–Kier alpha value is -3.46. The first kappa shape index (κ1) is 20.3. The summed E-state index contributed by atoms with van der Waals surface area (Å²) in [5, 5.41) is 5.07. The van der Waals surface area contributed by atoms with Gasteiger partial charge in [0.05, 0.1) is 0 Å². The van der Waals surface area contributed by atoms with E-state index in [9.17, 15) is 4.79 Å². The van der Waals surface area contributed by atoms with Crippen LogP contribution in [0.25, 0.3) is 10.8 Å². The predicted molar refractivity (Wildman–Crippen MR) is 121 cm³/mol. The molecule has 0 spiro atoms. The molecule has 4 rings (SSSR count). The van der Waals surface area contributed by atoms with Crippen LogP contribution in [0.15, 0.2) is 91.3 Å². The zero-order chi connectivity index (χ0) is 20.5. The number of amides is 1. The normalized spacial score (nSPS) is 10.1. The van der Waals surface area contributed by atoms with E-state index in [2.05, 4.69) is 34.6 Å². The van der Waals surface area contributed by atoms with Gasteiger partial charge in [0, 0.05) is 29.0 Å². The number of aromatic nitrogens is 1. The van der Waals surface area contributed by atoms with Gasteiger partial charge in [-0.2, -0.15) is 0 Å². The Morgan fingerprint density at radius 2 is 1.48 bits per heavy atom. The van der Waals surface area contributed by atoms with Gasteiger partial charge in [-0.25, -0.2) is 0 Å². The Balaban J connectivity index is 0.00000117. The molecule has 3 aromatic carbocycles. The average Bonchev–Trinajstić information content (AvgIpc) is 2.80. The number of hydrogen-bond acceptors (Lipinski definition) is 2. The molecule has 0 fully saturated rings. The lowest BCUT2D eigenvalue weighted by molar-refractivity contribution is 0.102. The third kappa shape index (κ3) is 5.52. The second-order valence-electron chi connectivity index (χ2n) is 6.57. The van der Waals surface area contributed by atoms with Gasteiger partial charge in [-0.15, -0.1) is 0 Å². The summed E-state index contributed by atoms with van der Waals surface area (Å²) in [4.78, 5) is 16.6. The quantitative estimate of drug-likeness (QED) is 0.440. The van der Waals surface area contributed by atoms with Crippen LogP contribution in [0.1, 0.15) is 35.3 Å². The molecule has 4 aromatic rings. The van der Waals surface area contributed by atoms with Crippen LogP contribution in [0.3, 0.4) is 0 Å². The summed E-state index contributed by atoms with van der Waals surface area (Å²) in [6.45, 7) is 4.00. The monoisotopic (exact) mass is 382 g/mol. The van der Waals surface area contributed by atoms with Crippen LogP contribution in [0, 0.1) is 0 Å². The van der Waals surface area contributed by atoms with Gasteiger partial charge in [0.25, 0.3) is 5.91 Å². The SMILES string of the molecule is CC.O=C(Nc1ccc2ccncc2c1)c1ccc(CCc2ccccc2)cc1. The van der Waals surface area contributed by atoms with Crippen LogP contribution in [-0.2, 0) is 12.8 Å². The van der Waals surface area contributed by atoms with Crippen molar-refractivity contribution < 1.29 is 4.79 Å². The van der Waals surface area contributed by atoms with Gasteiger partial charge in [-0.1, -0.05) is 62.4 Å². The Bertz CT molecular complexity index is 1060. The Labute approximate surface area is 172 Å². The fourth-order valence-corrected chi connectivity index (χ4v) is 3.12. The summed E-state index contributed by atoms with van der Waals surface area (Å²) in [5.74, 6) is -0.104. The zero-order valence-electron chi connectivity index (χ0n) is 16.9. The van der Waals surface area contributed by atoms with Gasteiger partial charge in [0.15, 0.2) is 0 Å². The van der Waals surface area contributed by atoms with E-state index in [1.165, 1.54) is 11.1 Å². The number of hydrogen-bond donors (Lipinski definition) is 1. The maximum Gasteiger partial charge on any atom is 0.255 e. The summed E-state index contributed by atoms with van der Waals surface area (Å²) < 4.78 is 0. The number of carbonyl (C=O) groups is 1. The molecule has 0 aliphatic carbocycles. The minimum absolute atomic E-state index is 0.104. The second kappa shape index (κ2) is 10.2. The van der Waals surface area contributed by atoms with Crippen molar-refractivity contribution in [2.75, 3.05) is 5.32 Å². The van der Waals surface area contributed by atoms with Crippen molar-refractivity contribution in [3.8, 4) is 0 Å². The summed E-state index contributed by atoms with van der Waals surface area (Å²) in [5.41, 5.74) is 3.98. The van der Waals surface area contributed by atoms with E-state index in [4.69, 9.17) is 0 Å². The van der Waals surface area contributed by atoms with E-state index in [0.29, 0.717) is 5.56 Å². The summed E-state index contributed by atoms with van der Waals surface area (Å²) in [6.07, 6.45) is 5.52. The van der Waals surface area contributed by atoms with Crippen molar-refractivity contribution in [2.24, 2.45) is 0 Å². The number of carbonyl (C=O) groups excluding carboxylic acids is 1. The molecule has 0 unspecified atom stereocenters. The predicted octanol–water partition coefficient (Wildman–Crippen LogP) is 6.30. The molecule has 3 heteroatoms. The Morgan fingerprint density at radius 1 is 0.793 bits per heavy atom. The van der Waals surface area contributed by atoms with E-state index in [1.54, 1.807) is 12.4 Å². The van der Waals surface area contributed by atoms with Crippen molar-refractivity contribution >= 4 is 22.4 Å². The van der Waals surface area contributed by atoms with Crippen LogP contribution in [-0.4, -0.2) is 10.9 Å². The molecule has 0 saturated heterocycles. The lowest BCUT2D eigenvalue weighted by atomic mass is 10.0. The highest BCUT2D eigenvalue weighted by Crippen LogP contribution is 2.19. The van der Waals surface area contributed by atoms with Crippen LogP contribution in [0.5, 0.6) is 0 Å². The molecule has 1 aromatic heterocycles. The standard InChI is InChI=1S/C24H20N2O.C2H6/c27-24(26-23-13-12-20-14-15-25-17-22(20)16-23)21-10-8-19(9-11-21)7-6-18-4-2-1-3-5-18;1-2/h1-5,8-17H,6-7H2,(H,26,27);1-2H3. The minimum Gasteiger partial charge on any atom is -0.322 e. The average molecular weight is 383 g/mol. The lowest BCUT2D eigenvalue weighted by Crippen LogP contribution is -2.11. The van der Waals surface area contributed by atoms with Gasteiger partial charge in [-0.3, -0.25) is 9.78 Å². The number of nitrogens with zero attached hydrogens (tertiary/aromatic N) is 1. The van der Waals surface area contributed by atoms with E-state index in [0.717, 1.165) is 29.3 Å². The molecule has 1 N–H and O–H groups in total. The molecule has 1 amide bonds. The molecule has 1 heterocycles. The van der Waals surface area contributed by atoms with Crippen molar-refractivity contribution in [3.63, 3.8) is 0 Å². The topological polar surface area (TPSA) is 42.0 Å². The molecular formula is C26H26N2O. The molecule has 3 nitrogen and oxygen atoms in total. The highest BCUT2D eigenvalue weighted by atomic mass is 16.1. The van der Waals surface area contributed by atoms with Gasteiger partial charge in [-0.05, 0) is 59.7 Å². The van der Waals surface area contributed by atoms with Gasteiger partial charge in [0.2, 0.25) is 0 Å². The highest BCUT2D eigenvalue weighted by Gasteiger charge is 2.07. The molecule has 146 valence electrons. The largest absolute Gasteiger partial charge is 0.322 e. The smallest absolute Gasteiger partial charge is 0.255 e. The molecule has 29 heavy (non-hydrogen) atoms. The van der Waals surface area contributed by atoms with Crippen LogP contribution in [0.2, 0.25) is 0 Å². The summed E-state index contributed by atoms with van der Waals surface area (Å²) >= 11 is 0. The molecule has 0 atom stereocenters. The maximum atomic E-state index is 12.5. The molecule has 0 aliphatic rings. The minimum atomic E-state index is -0.104. The number of fused-ring (bicyclic) bond motifs is 1. The maximum absolute atomic E-state index is 12.5. The first-order valence-electron chi connectivity index (χ1n) is 10.1. The van der Waals surface area contributed by atoms with Gasteiger partial charge >= 0.3 is 0 Å². The molecule has 0 bridgehead atoms. The number of pyridine rings is 1. The Kier molecular flexibility index (Phi) is 7.12. The number of benzene rings is 3. The number of anilines is 1. The van der Waals surface area contributed by atoms with Crippen LogP contribution < -0.4 is 5.32 Å². The highest BCUT2D eigenvalue weighted by molar-refractivity contribution is 6.05. The van der Waals surface area contributed by atoms with Crippen molar-refractivity contribution in [1.82, 2.24) is 4.98 Å². The molecule has 0 saturated carbocycles. The third-order valence-corrected chi connectivity index (χ3v) is 4.66. The van der Waals surface area contributed by atoms with E-state index < -0.39 is 0 Å². The molecule has 0 radical (unpaired) electrons. The number of aryl methyl sites for hydroxylation is 2. The third-order valence-electron chi connectivity index (χ3n) is 4.66. The summed E-state index contributed by atoms with van der Waals surface area (Å²) in [7, 11) is 0. The van der Waals surface area contributed by atoms with Crippen LogP contribution in [0.4, 0.5) is 5.69 Å². The second-order valence-corrected chi connectivity index (χ2v) is 6.57.